The van der Waals surface area contributed by atoms with Gasteiger partial charge in [0.25, 0.3) is 0 Å². The fourth-order valence-electron chi connectivity index (χ4n) is 5.79. The second-order valence-corrected chi connectivity index (χ2v) is 12.3. The topological polar surface area (TPSA) is 138 Å². The molecule has 0 aromatic carbocycles. The molecule has 246 valence electrons. The van der Waals surface area contributed by atoms with E-state index in [0.29, 0.717) is 26.1 Å². The van der Waals surface area contributed by atoms with Gasteiger partial charge in [0.15, 0.2) is 6.10 Å². The third-order valence-corrected chi connectivity index (χ3v) is 8.60. The van der Waals surface area contributed by atoms with Crippen LogP contribution in [0.4, 0.5) is 0 Å². The maximum atomic E-state index is 13.7. The van der Waals surface area contributed by atoms with Crippen molar-refractivity contribution < 1.29 is 39.9 Å². The van der Waals surface area contributed by atoms with Crippen molar-refractivity contribution >= 4 is 5.91 Å². The average molecular weight is 591 g/mol. The minimum atomic E-state index is -1.91. The standard InChI is InChI=1S/C33H68NO7/c1-3-5-7-9-11-13-15-17-19-21-24-34(26-23-27-35,25-22-20-18-16-14-12-10-8-6-4-2)33(41)32(40)31(39)30(38)29(37)28-36/h29-32,35-40H,3-28H2,1-2H3/q+1/t29-,30-,31+,32-/m1/s1. The summed E-state index contributed by atoms with van der Waals surface area (Å²) in [5, 5.41) is 60.0. The lowest BCUT2D eigenvalue weighted by Crippen LogP contribution is -2.62. The molecular formula is C33H68NO7+. The number of aliphatic hydroxyl groups excluding tert-OH is 6. The number of hydrogen-bond acceptors (Lipinski definition) is 7. The number of unbranched alkanes of at least 4 members (excludes halogenated alkanes) is 18. The third-order valence-electron chi connectivity index (χ3n) is 8.60. The van der Waals surface area contributed by atoms with Crippen LogP contribution in [0.3, 0.4) is 0 Å². The molecule has 0 aromatic rings. The Kier molecular flexibility index (Phi) is 26.6. The molecule has 0 aliphatic heterocycles. The van der Waals surface area contributed by atoms with E-state index in [9.17, 15) is 30.3 Å². The minimum absolute atomic E-state index is 0.0469. The molecule has 0 bridgehead atoms. The fourth-order valence-corrected chi connectivity index (χ4v) is 5.79. The second kappa shape index (κ2) is 27.0. The van der Waals surface area contributed by atoms with Gasteiger partial charge in [0.2, 0.25) is 0 Å². The average Bonchev–Trinajstić information content (AvgIpc) is 2.99. The number of carbonyl (C=O) groups excluding carboxylic acids is 1. The van der Waals surface area contributed by atoms with Crippen LogP contribution < -0.4 is 0 Å². The predicted octanol–water partition coefficient (Wildman–Crippen LogP) is 4.99. The monoisotopic (exact) mass is 590 g/mol. The van der Waals surface area contributed by atoms with E-state index in [1.807, 2.05) is 0 Å². The van der Waals surface area contributed by atoms with Gasteiger partial charge in [-0.25, -0.2) is 4.79 Å². The molecule has 0 unspecified atom stereocenters. The molecule has 4 atom stereocenters. The summed E-state index contributed by atoms with van der Waals surface area (Å²) in [7, 11) is 0. The lowest BCUT2D eigenvalue weighted by Gasteiger charge is -2.39. The molecule has 0 aliphatic rings. The molecule has 41 heavy (non-hydrogen) atoms. The fraction of sp³-hybridized carbons (Fsp3) is 0.970. The number of amides is 1. The van der Waals surface area contributed by atoms with Gasteiger partial charge < -0.3 is 30.6 Å². The van der Waals surface area contributed by atoms with Gasteiger partial charge in [-0.2, -0.15) is 0 Å². The molecule has 1 amide bonds. The highest BCUT2D eigenvalue weighted by Crippen LogP contribution is 2.22. The molecule has 8 nitrogen and oxygen atoms in total. The lowest BCUT2D eigenvalue weighted by molar-refractivity contribution is -0.857. The Hall–Kier alpha value is -0.610. The van der Waals surface area contributed by atoms with E-state index in [1.54, 1.807) is 0 Å². The summed E-state index contributed by atoms with van der Waals surface area (Å²) >= 11 is 0. The molecule has 0 spiro atoms. The van der Waals surface area contributed by atoms with Crippen molar-refractivity contribution in [2.24, 2.45) is 0 Å². The van der Waals surface area contributed by atoms with Crippen LogP contribution in [-0.4, -0.2) is 98.3 Å². The lowest BCUT2D eigenvalue weighted by atomic mass is 9.99. The summed E-state index contributed by atoms with van der Waals surface area (Å²) in [6.07, 6.45) is 16.4. The van der Waals surface area contributed by atoms with Gasteiger partial charge >= 0.3 is 5.91 Å². The van der Waals surface area contributed by atoms with E-state index in [2.05, 4.69) is 13.8 Å². The Morgan fingerprint density at radius 3 is 1.20 bits per heavy atom. The normalized spacial score (nSPS) is 15.1. The highest BCUT2D eigenvalue weighted by atomic mass is 16.4. The Bertz CT molecular complexity index is 568. The maximum absolute atomic E-state index is 13.7. The number of aliphatic hydroxyl groups is 6. The smallest absolute Gasteiger partial charge is 0.345 e. The molecule has 8 heteroatoms. The van der Waals surface area contributed by atoms with Crippen molar-refractivity contribution in [3.05, 3.63) is 0 Å². The summed E-state index contributed by atoms with van der Waals surface area (Å²) in [6, 6.07) is 0. The van der Waals surface area contributed by atoms with Crippen molar-refractivity contribution in [2.75, 3.05) is 32.8 Å². The van der Waals surface area contributed by atoms with Crippen molar-refractivity contribution in [1.29, 1.82) is 0 Å². The zero-order valence-electron chi connectivity index (χ0n) is 26.7. The van der Waals surface area contributed by atoms with Gasteiger partial charge in [0.05, 0.1) is 26.2 Å². The van der Waals surface area contributed by atoms with E-state index >= 15 is 0 Å². The van der Waals surface area contributed by atoms with Crippen LogP contribution >= 0.6 is 0 Å². The van der Waals surface area contributed by atoms with Crippen molar-refractivity contribution in [3.63, 3.8) is 0 Å². The SMILES string of the molecule is CCCCCCCCCCCC[N+](CCCO)(CCCCCCCCCCCC)C(=O)[C@H](O)[C@@H](O)[C@H](O)[C@H](O)CO. The third kappa shape index (κ3) is 18.6. The van der Waals surface area contributed by atoms with Crippen LogP contribution in [-0.2, 0) is 4.79 Å². The first kappa shape index (κ1) is 40.4. The Morgan fingerprint density at radius 1 is 0.512 bits per heavy atom. The van der Waals surface area contributed by atoms with Gasteiger partial charge in [0.1, 0.15) is 18.3 Å². The number of quaternary nitrogens is 1. The number of carbonyl (C=O) groups is 1. The Labute approximate surface area is 251 Å². The molecular weight excluding hydrogens is 522 g/mol. The number of rotatable bonds is 30. The highest BCUT2D eigenvalue weighted by Gasteiger charge is 2.45. The van der Waals surface area contributed by atoms with E-state index in [1.165, 1.54) is 89.9 Å². The summed E-state index contributed by atoms with van der Waals surface area (Å²) < 4.78 is -0.0469. The van der Waals surface area contributed by atoms with E-state index in [0.717, 1.165) is 38.5 Å². The van der Waals surface area contributed by atoms with Crippen molar-refractivity contribution in [2.45, 2.75) is 173 Å². The first-order chi connectivity index (χ1) is 19.8. The summed E-state index contributed by atoms with van der Waals surface area (Å²) in [5.74, 6) is -0.581. The number of nitrogens with zero attached hydrogens (tertiary/aromatic N) is 1. The number of hydrogen-bond donors (Lipinski definition) is 6. The van der Waals surface area contributed by atoms with Crippen molar-refractivity contribution in [1.82, 2.24) is 0 Å². The molecule has 0 aromatic heterocycles. The first-order valence-electron chi connectivity index (χ1n) is 17.2. The molecule has 0 aliphatic carbocycles. The van der Waals surface area contributed by atoms with Crippen LogP contribution in [0.5, 0.6) is 0 Å². The summed E-state index contributed by atoms with van der Waals surface area (Å²) in [4.78, 5) is 13.7. The summed E-state index contributed by atoms with van der Waals surface area (Å²) in [5.41, 5.74) is 0. The molecule has 6 N–H and O–H groups in total. The van der Waals surface area contributed by atoms with Crippen LogP contribution in [0.15, 0.2) is 0 Å². The molecule has 0 saturated heterocycles. The Morgan fingerprint density at radius 2 is 0.854 bits per heavy atom. The van der Waals surface area contributed by atoms with Gasteiger partial charge in [-0.15, -0.1) is 0 Å². The van der Waals surface area contributed by atoms with Crippen LogP contribution in [0.25, 0.3) is 0 Å². The Balaban J connectivity index is 5.13. The van der Waals surface area contributed by atoms with Gasteiger partial charge in [0, 0.05) is 13.0 Å². The highest BCUT2D eigenvalue weighted by molar-refractivity contribution is 5.75. The summed E-state index contributed by atoms with van der Waals surface area (Å²) in [6.45, 7) is 4.95. The molecule has 0 saturated carbocycles. The van der Waals surface area contributed by atoms with Gasteiger partial charge in [-0.3, -0.25) is 4.48 Å². The second-order valence-electron chi connectivity index (χ2n) is 12.3. The quantitative estimate of drug-likeness (QED) is 0.0512. The van der Waals surface area contributed by atoms with Crippen molar-refractivity contribution in [3.8, 4) is 0 Å². The molecule has 0 heterocycles. The minimum Gasteiger partial charge on any atom is -0.396 e. The van der Waals surface area contributed by atoms with Crippen LogP contribution in [0.1, 0.15) is 149 Å². The van der Waals surface area contributed by atoms with Gasteiger partial charge in [-0.05, 0) is 25.7 Å². The van der Waals surface area contributed by atoms with E-state index in [-0.39, 0.29) is 11.1 Å². The zero-order valence-corrected chi connectivity index (χ0v) is 26.7. The first-order valence-corrected chi connectivity index (χ1v) is 17.2. The zero-order chi connectivity index (χ0) is 30.8. The largest absolute Gasteiger partial charge is 0.396 e. The van der Waals surface area contributed by atoms with Crippen LogP contribution in [0, 0.1) is 0 Å². The predicted molar refractivity (Wildman–Crippen MR) is 166 cm³/mol. The molecule has 0 fully saturated rings. The van der Waals surface area contributed by atoms with Crippen LogP contribution in [0.2, 0.25) is 0 Å². The van der Waals surface area contributed by atoms with E-state index < -0.39 is 36.9 Å². The molecule has 0 radical (unpaired) electrons. The molecule has 0 rings (SSSR count). The van der Waals surface area contributed by atoms with E-state index in [4.69, 9.17) is 5.11 Å². The maximum Gasteiger partial charge on any atom is 0.345 e. The van der Waals surface area contributed by atoms with Gasteiger partial charge in [-0.1, -0.05) is 117 Å².